The molecule has 5 heteroatoms. The number of rotatable bonds is 4. The van der Waals surface area contributed by atoms with Crippen molar-refractivity contribution < 1.29 is 9.21 Å². The largest absolute Gasteiger partial charge is 0.440 e. The average Bonchev–Trinajstić information content (AvgIpc) is 2.73. The Bertz CT molecular complexity index is 522. The molecule has 0 saturated carbocycles. The smallest absolute Gasteiger partial charge is 0.256 e. The summed E-state index contributed by atoms with van der Waals surface area (Å²) >= 11 is 3.53. The van der Waals surface area contributed by atoms with Crippen LogP contribution in [0.5, 0.6) is 0 Å². The number of aromatic nitrogens is 1. The fourth-order valence-corrected chi connectivity index (χ4v) is 2.35. The van der Waals surface area contributed by atoms with Crippen molar-refractivity contribution in [1.82, 2.24) is 4.98 Å². The van der Waals surface area contributed by atoms with Crippen molar-refractivity contribution in [2.75, 3.05) is 5.75 Å². The van der Waals surface area contributed by atoms with E-state index < -0.39 is 0 Å². The van der Waals surface area contributed by atoms with Crippen LogP contribution in [0.1, 0.15) is 16.1 Å². The fourth-order valence-electron chi connectivity index (χ4n) is 1.25. The van der Waals surface area contributed by atoms with Gasteiger partial charge in [0.1, 0.15) is 6.26 Å². The molecular weight excluding hydrogens is 349 g/mol. The Morgan fingerprint density at radius 3 is 2.71 bits per heavy atom. The minimum absolute atomic E-state index is 0.0854. The molecule has 0 atom stereocenters. The lowest BCUT2D eigenvalue weighted by Crippen LogP contribution is -2.02. The van der Waals surface area contributed by atoms with Gasteiger partial charge in [-0.2, -0.15) is 0 Å². The van der Waals surface area contributed by atoms with Gasteiger partial charge in [0.05, 0.1) is 11.4 Å². The van der Waals surface area contributed by atoms with Gasteiger partial charge in [0.2, 0.25) is 0 Å². The highest BCUT2D eigenvalue weighted by molar-refractivity contribution is 14.1. The summed E-state index contributed by atoms with van der Waals surface area (Å²) < 4.78 is 6.29. The first-order valence-corrected chi connectivity index (χ1v) is 7.05. The zero-order chi connectivity index (χ0) is 12.3. The van der Waals surface area contributed by atoms with Gasteiger partial charge in [0, 0.05) is 9.13 Å². The van der Waals surface area contributed by atoms with Crippen LogP contribution in [0.2, 0.25) is 0 Å². The molecule has 3 nitrogen and oxygen atoms in total. The van der Waals surface area contributed by atoms with Gasteiger partial charge in [-0.05, 0) is 41.6 Å². The number of hydrogen-bond acceptors (Lipinski definition) is 4. The second-order valence-electron chi connectivity index (χ2n) is 3.47. The van der Waals surface area contributed by atoms with E-state index >= 15 is 0 Å². The van der Waals surface area contributed by atoms with Gasteiger partial charge in [-0.3, -0.25) is 4.79 Å². The maximum absolute atomic E-state index is 11.8. The predicted molar refractivity (Wildman–Crippen MR) is 75.5 cm³/mol. The molecule has 0 bridgehead atoms. The van der Waals surface area contributed by atoms with E-state index in [0.29, 0.717) is 11.0 Å². The lowest BCUT2D eigenvalue weighted by molar-refractivity contribution is 0.102. The highest BCUT2D eigenvalue weighted by atomic mass is 127. The quantitative estimate of drug-likeness (QED) is 0.476. The monoisotopic (exact) mass is 359 g/mol. The zero-order valence-corrected chi connectivity index (χ0v) is 12.1. The van der Waals surface area contributed by atoms with E-state index in [1.165, 1.54) is 11.8 Å². The molecule has 0 radical (unpaired) electrons. The zero-order valence-electron chi connectivity index (χ0n) is 9.14. The number of oxazole rings is 1. The van der Waals surface area contributed by atoms with E-state index in [2.05, 4.69) is 27.6 Å². The Balaban J connectivity index is 1.95. The lowest BCUT2D eigenvalue weighted by Gasteiger charge is -1.99. The first-order valence-electron chi connectivity index (χ1n) is 4.99. The number of Topliss-reactive ketones (excluding diaryl/α,β-unsaturated/α-hetero) is 1. The second-order valence-corrected chi connectivity index (χ2v) is 5.65. The van der Waals surface area contributed by atoms with E-state index in [1.807, 2.05) is 31.2 Å². The molecule has 2 rings (SSSR count). The van der Waals surface area contributed by atoms with Crippen LogP contribution in [0.4, 0.5) is 0 Å². The van der Waals surface area contributed by atoms with Crippen LogP contribution in [0, 0.1) is 10.5 Å². The molecular formula is C12H10INO2S. The van der Waals surface area contributed by atoms with Crippen molar-refractivity contribution in [2.45, 2.75) is 12.1 Å². The summed E-state index contributed by atoms with van der Waals surface area (Å²) in [5, 5.41) is 0.543. The number of aryl methyl sites for hydroxylation is 1. The molecule has 0 unspecified atom stereocenters. The molecule has 0 spiro atoms. The molecule has 2 aromatic rings. The Morgan fingerprint density at radius 2 is 2.12 bits per heavy atom. The van der Waals surface area contributed by atoms with Gasteiger partial charge in [0.25, 0.3) is 5.22 Å². The van der Waals surface area contributed by atoms with Crippen molar-refractivity contribution in [3.05, 3.63) is 45.4 Å². The molecule has 1 heterocycles. The summed E-state index contributed by atoms with van der Waals surface area (Å²) in [5.41, 5.74) is 1.55. The summed E-state index contributed by atoms with van der Waals surface area (Å²) in [5.74, 6) is 0.433. The Kier molecular flexibility index (Phi) is 4.22. The molecule has 1 aromatic heterocycles. The van der Waals surface area contributed by atoms with E-state index in [9.17, 15) is 4.79 Å². The van der Waals surface area contributed by atoms with Gasteiger partial charge in [-0.15, -0.1) is 0 Å². The molecule has 17 heavy (non-hydrogen) atoms. The van der Waals surface area contributed by atoms with Crippen LogP contribution >= 0.6 is 34.4 Å². The van der Waals surface area contributed by atoms with Crippen molar-refractivity contribution in [1.29, 1.82) is 0 Å². The highest BCUT2D eigenvalue weighted by Crippen LogP contribution is 2.18. The molecule has 88 valence electrons. The lowest BCUT2D eigenvalue weighted by atomic mass is 10.2. The number of benzene rings is 1. The third-order valence-corrected chi connectivity index (χ3v) is 3.65. The van der Waals surface area contributed by atoms with Crippen molar-refractivity contribution in [3.63, 3.8) is 0 Å². The van der Waals surface area contributed by atoms with Crippen LogP contribution in [0.25, 0.3) is 0 Å². The number of nitrogens with zero attached hydrogens (tertiary/aromatic N) is 1. The van der Waals surface area contributed by atoms with E-state index in [4.69, 9.17) is 4.42 Å². The molecule has 0 aliphatic rings. The Labute approximate surface area is 117 Å². The number of hydrogen-bond donors (Lipinski definition) is 0. The Morgan fingerprint density at radius 1 is 1.41 bits per heavy atom. The van der Waals surface area contributed by atoms with Crippen LogP contribution in [0.15, 0.2) is 40.2 Å². The maximum Gasteiger partial charge on any atom is 0.256 e. The number of ketones is 1. The maximum atomic E-state index is 11.8. The average molecular weight is 359 g/mol. The topological polar surface area (TPSA) is 43.1 Å². The van der Waals surface area contributed by atoms with Crippen LogP contribution in [-0.2, 0) is 0 Å². The van der Waals surface area contributed by atoms with Gasteiger partial charge in [-0.1, -0.05) is 23.9 Å². The SMILES string of the molecule is Cc1coc(SCC(=O)c2ccc(I)cc2)n1. The molecule has 0 N–H and O–H groups in total. The van der Waals surface area contributed by atoms with Gasteiger partial charge >= 0.3 is 0 Å². The third-order valence-electron chi connectivity index (χ3n) is 2.09. The standard InChI is InChI=1S/C12H10INO2S/c1-8-6-16-12(14-8)17-7-11(15)9-2-4-10(13)5-3-9/h2-6H,7H2,1H3. The summed E-state index contributed by atoms with van der Waals surface area (Å²) in [7, 11) is 0. The highest BCUT2D eigenvalue weighted by Gasteiger charge is 2.09. The summed E-state index contributed by atoms with van der Waals surface area (Å²) in [6.45, 7) is 1.86. The normalized spacial score (nSPS) is 10.5. The minimum Gasteiger partial charge on any atom is -0.440 e. The number of thioether (sulfide) groups is 1. The number of carbonyl (C=O) groups excluding carboxylic acids is 1. The van der Waals surface area contributed by atoms with Crippen LogP contribution in [-0.4, -0.2) is 16.5 Å². The number of halogens is 1. The minimum atomic E-state index is 0.0854. The van der Waals surface area contributed by atoms with Crippen molar-refractivity contribution in [3.8, 4) is 0 Å². The van der Waals surface area contributed by atoms with Crippen LogP contribution < -0.4 is 0 Å². The van der Waals surface area contributed by atoms with Gasteiger partial charge in [0.15, 0.2) is 5.78 Å². The van der Waals surface area contributed by atoms with Gasteiger partial charge in [-0.25, -0.2) is 4.98 Å². The molecule has 0 aliphatic carbocycles. The van der Waals surface area contributed by atoms with E-state index in [0.717, 1.165) is 14.8 Å². The molecule has 0 aliphatic heterocycles. The Hall–Kier alpha value is -0.820. The summed E-state index contributed by atoms with van der Waals surface area (Å²) in [4.78, 5) is 16.0. The second kappa shape index (κ2) is 5.68. The molecule has 0 amide bonds. The van der Waals surface area contributed by atoms with Crippen molar-refractivity contribution >= 4 is 40.1 Å². The number of carbonyl (C=O) groups is 1. The van der Waals surface area contributed by atoms with Gasteiger partial charge < -0.3 is 4.42 Å². The van der Waals surface area contributed by atoms with Crippen LogP contribution in [0.3, 0.4) is 0 Å². The van der Waals surface area contributed by atoms with Crippen molar-refractivity contribution in [2.24, 2.45) is 0 Å². The third kappa shape index (κ3) is 3.57. The first-order chi connectivity index (χ1) is 8.15. The van der Waals surface area contributed by atoms with E-state index in [-0.39, 0.29) is 5.78 Å². The van der Waals surface area contributed by atoms with E-state index in [1.54, 1.807) is 6.26 Å². The summed E-state index contributed by atoms with van der Waals surface area (Å²) in [6.07, 6.45) is 1.58. The molecule has 0 saturated heterocycles. The predicted octanol–water partition coefficient (Wildman–Crippen LogP) is 3.56. The molecule has 0 fully saturated rings. The fraction of sp³-hybridized carbons (Fsp3) is 0.167. The first kappa shape index (κ1) is 12.6. The summed E-state index contributed by atoms with van der Waals surface area (Å²) in [6, 6.07) is 7.53. The molecule has 1 aromatic carbocycles.